The molecule has 0 N–H and O–H groups in total. The third-order valence-corrected chi connectivity index (χ3v) is 3.04. The van der Waals surface area contributed by atoms with Gasteiger partial charge in [0, 0.05) is 23.9 Å². The van der Waals surface area contributed by atoms with Gasteiger partial charge in [0.1, 0.15) is 10.4 Å². The monoisotopic (exact) mass is 345 g/mol. The number of aromatic nitrogens is 3. The lowest BCUT2D eigenvalue weighted by molar-refractivity contribution is -0.137. The average Bonchev–Trinajstić information content (AvgIpc) is 2.37. The lowest BCUT2D eigenvalue weighted by Crippen LogP contribution is -2.09. The van der Waals surface area contributed by atoms with E-state index in [1.165, 1.54) is 12.3 Å². The first-order valence-electron chi connectivity index (χ1n) is 5.85. The summed E-state index contributed by atoms with van der Waals surface area (Å²) in [5, 5.41) is 0. The number of rotatable bonds is 2. The fourth-order valence-corrected chi connectivity index (χ4v) is 2.08. The molecule has 2 aromatic rings. The van der Waals surface area contributed by atoms with E-state index in [9.17, 15) is 13.2 Å². The van der Waals surface area contributed by atoms with Crippen molar-refractivity contribution in [3.8, 4) is 11.3 Å². The molecule has 0 bridgehead atoms. The summed E-state index contributed by atoms with van der Waals surface area (Å²) < 4.78 is 39.5. The van der Waals surface area contributed by atoms with Crippen LogP contribution in [0, 0.1) is 0 Å². The van der Waals surface area contributed by atoms with Gasteiger partial charge in [-0.2, -0.15) is 13.2 Å². The van der Waals surface area contributed by atoms with Crippen LogP contribution in [0.25, 0.3) is 11.3 Å². The Hall–Kier alpha value is -1.50. The van der Waals surface area contributed by atoms with Crippen LogP contribution < -0.4 is 0 Å². The van der Waals surface area contributed by atoms with Crippen LogP contribution in [0.3, 0.4) is 0 Å². The molecule has 0 aliphatic carbocycles. The van der Waals surface area contributed by atoms with Gasteiger partial charge < -0.3 is 0 Å². The molecule has 0 unspecified atom stereocenters. The van der Waals surface area contributed by atoms with Crippen LogP contribution in [-0.2, 0) is 6.18 Å². The predicted molar refractivity (Wildman–Crippen MR) is 72.1 cm³/mol. The van der Waals surface area contributed by atoms with Gasteiger partial charge in [-0.3, -0.25) is 4.98 Å². The van der Waals surface area contributed by atoms with E-state index in [2.05, 4.69) is 30.9 Å². The van der Waals surface area contributed by atoms with Crippen LogP contribution in [0.15, 0.2) is 29.1 Å². The molecular weight excluding hydrogens is 335 g/mol. The Labute approximate surface area is 122 Å². The van der Waals surface area contributed by atoms with Gasteiger partial charge in [0.2, 0.25) is 0 Å². The molecule has 0 fully saturated rings. The molecule has 0 saturated heterocycles. The summed E-state index contributed by atoms with van der Waals surface area (Å²) in [6.07, 6.45) is -2.17. The lowest BCUT2D eigenvalue weighted by Gasteiger charge is -2.13. The molecule has 106 valence electrons. The van der Waals surface area contributed by atoms with Crippen molar-refractivity contribution in [2.75, 3.05) is 0 Å². The minimum Gasteiger partial charge on any atom is -0.264 e. The maximum atomic E-state index is 13.0. The summed E-state index contributed by atoms with van der Waals surface area (Å²) in [5.74, 6) is 0.489. The number of halogens is 4. The molecule has 0 atom stereocenters. The van der Waals surface area contributed by atoms with Crippen molar-refractivity contribution in [3.63, 3.8) is 0 Å². The first kappa shape index (κ1) is 14.9. The van der Waals surface area contributed by atoms with E-state index in [1.807, 2.05) is 13.8 Å². The lowest BCUT2D eigenvalue weighted by atomic mass is 10.1. The van der Waals surface area contributed by atoms with Crippen LogP contribution in [0.2, 0.25) is 0 Å². The van der Waals surface area contributed by atoms with E-state index in [4.69, 9.17) is 0 Å². The highest BCUT2D eigenvalue weighted by Gasteiger charge is 2.34. The standard InChI is InChI=1S/C13H11BrF3N3/c1-7(2)12-19-10(5-11(14)20-12)8-6-18-4-3-9(8)13(15,16)17/h3-7H,1-2H3. The second kappa shape index (κ2) is 5.47. The zero-order chi connectivity index (χ0) is 14.9. The second-order valence-electron chi connectivity index (χ2n) is 4.51. The minimum absolute atomic E-state index is 0.0114. The van der Waals surface area contributed by atoms with Crippen molar-refractivity contribution in [2.45, 2.75) is 25.9 Å². The van der Waals surface area contributed by atoms with E-state index in [-0.39, 0.29) is 17.2 Å². The highest BCUT2D eigenvalue weighted by Crippen LogP contribution is 2.36. The molecule has 0 radical (unpaired) electrons. The first-order valence-corrected chi connectivity index (χ1v) is 6.64. The quantitative estimate of drug-likeness (QED) is 0.755. The molecule has 2 aromatic heterocycles. The van der Waals surface area contributed by atoms with Crippen molar-refractivity contribution in [2.24, 2.45) is 0 Å². The topological polar surface area (TPSA) is 38.7 Å². The Balaban J connectivity index is 2.63. The predicted octanol–water partition coefficient (Wildman–Crippen LogP) is 4.44. The number of hydrogen-bond acceptors (Lipinski definition) is 3. The Morgan fingerprint density at radius 3 is 2.50 bits per heavy atom. The third kappa shape index (κ3) is 3.15. The summed E-state index contributed by atoms with van der Waals surface area (Å²) in [5.41, 5.74) is -0.603. The summed E-state index contributed by atoms with van der Waals surface area (Å²) in [7, 11) is 0. The summed E-state index contributed by atoms with van der Waals surface area (Å²) in [6.45, 7) is 3.75. The SMILES string of the molecule is CC(C)c1nc(Br)cc(-c2cnccc2C(F)(F)F)n1. The van der Waals surface area contributed by atoms with Crippen molar-refractivity contribution in [1.29, 1.82) is 0 Å². The summed E-state index contributed by atoms with van der Waals surface area (Å²) in [6, 6.07) is 2.40. The smallest absolute Gasteiger partial charge is 0.264 e. The van der Waals surface area contributed by atoms with Crippen LogP contribution in [-0.4, -0.2) is 15.0 Å². The van der Waals surface area contributed by atoms with E-state index in [0.29, 0.717) is 10.4 Å². The molecule has 0 amide bonds. The Morgan fingerprint density at radius 2 is 1.90 bits per heavy atom. The molecule has 7 heteroatoms. The summed E-state index contributed by atoms with van der Waals surface area (Å²) in [4.78, 5) is 12.1. The Kier molecular flexibility index (Phi) is 4.08. The molecule has 2 heterocycles. The second-order valence-corrected chi connectivity index (χ2v) is 5.32. The van der Waals surface area contributed by atoms with Crippen LogP contribution in [0.4, 0.5) is 13.2 Å². The van der Waals surface area contributed by atoms with E-state index in [0.717, 1.165) is 12.3 Å². The highest BCUT2D eigenvalue weighted by atomic mass is 79.9. The largest absolute Gasteiger partial charge is 0.417 e. The van der Waals surface area contributed by atoms with Gasteiger partial charge in [-0.1, -0.05) is 13.8 Å². The van der Waals surface area contributed by atoms with Gasteiger partial charge in [0.05, 0.1) is 11.3 Å². The first-order chi connectivity index (χ1) is 9.29. The zero-order valence-corrected chi connectivity index (χ0v) is 12.3. The van der Waals surface area contributed by atoms with Gasteiger partial charge in [-0.05, 0) is 28.1 Å². The Morgan fingerprint density at radius 1 is 1.20 bits per heavy atom. The van der Waals surface area contributed by atoms with Crippen LogP contribution in [0.5, 0.6) is 0 Å². The summed E-state index contributed by atoms with van der Waals surface area (Å²) >= 11 is 3.20. The van der Waals surface area contributed by atoms with Crippen molar-refractivity contribution in [1.82, 2.24) is 15.0 Å². The maximum absolute atomic E-state index is 13.0. The normalized spacial score (nSPS) is 11.9. The highest BCUT2D eigenvalue weighted by molar-refractivity contribution is 9.10. The zero-order valence-electron chi connectivity index (χ0n) is 10.7. The minimum atomic E-state index is -4.45. The van der Waals surface area contributed by atoms with Crippen LogP contribution in [0.1, 0.15) is 31.2 Å². The van der Waals surface area contributed by atoms with Crippen molar-refractivity contribution >= 4 is 15.9 Å². The molecule has 0 aliphatic rings. The third-order valence-electron chi connectivity index (χ3n) is 2.63. The fourth-order valence-electron chi connectivity index (χ4n) is 1.68. The molecular formula is C13H11BrF3N3. The number of nitrogens with zero attached hydrogens (tertiary/aromatic N) is 3. The maximum Gasteiger partial charge on any atom is 0.417 e. The fraction of sp³-hybridized carbons (Fsp3) is 0.308. The van der Waals surface area contributed by atoms with Crippen LogP contribution >= 0.6 is 15.9 Å². The molecule has 2 rings (SSSR count). The molecule has 0 saturated carbocycles. The molecule has 0 spiro atoms. The van der Waals surface area contributed by atoms with E-state index < -0.39 is 11.7 Å². The van der Waals surface area contributed by atoms with E-state index in [1.54, 1.807) is 0 Å². The van der Waals surface area contributed by atoms with Gasteiger partial charge in [0.15, 0.2) is 0 Å². The average molecular weight is 346 g/mol. The van der Waals surface area contributed by atoms with Gasteiger partial charge >= 0.3 is 6.18 Å². The van der Waals surface area contributed by atoms with Gasteiger partial charge in [0.25, 0.3) is 0 Å². The molecule has 0 aliphatic heterocycles. The number of hydrogen-bond donors (Lipinski definition) is 0. The number of pyridine rings is 1. The number of alkyl halides is 3. The van der Waals surface area contributed by atoms with Crippen molar-refractivity contribution < 1.29 is 13.2 Å². The Bertz CT molecular complexity index is 626. The van der Waals surface area contributed by atoms with Gasteiger partial charge in [-0.25, -0.2) is 9.97 Å². The molecule has 0 aromatic carbocycles. The van der Waals surface area contributed by atoms with E-state index >= 15 is 0 Å². The van der Waals surface area contributed by atoms with Crippen molar-refractivity contribution in [3.05, 3.63) is 40.5 Å². The van der Waals surface area contributed by atoms with Gasteiger partial charge in [-0.15, -0.1) is 0 Å². The molecule has 20 heavy (non-hydrogen) atoms. The molecule has 3 nitrogen and oxygen atoms in total.